The number of rotatable bonds is 2. The molecule has 2 heterocycles. The van der Waals surface area contributed by atoms with Crippen molar-refractivity contribution in [3.8, 4) is 0 Å². The summed E-state index contributed by atoms with van der Waals surface area (Å²) >= 11 is 0. The number of hydrogen-bond donors (Lipinski definition) is 0. The molecule has 2 aliphatic rings. The standard InChI is InChI=1S/C16H30N2O2/c1-14(2,3)13-11-16(20-17-13,15(4,5)6)12-18-7-9-19-10-8-18/h7-12H2,1-6H3. The van der Waals surface area contributed by atoms with Crippen LogP contribution in [0.4, 0.5) is 0 Å². The predicted molar refractivity (Wildman–Crippen MR) is 82.0 cm³/mol. The molecule has 20 heavy (non-hydrogen) atoms. The van der Waals surface area contributed by atoms with Gasteiger partial charge in [-0.1, -0.05) is 46.7 Å². The van der Waals surface area contributed by atoms with E-state index in [9.17, 15) is 0 Å². The van der Waals surface area contributed by atoms with E-state index in [0.29, 0.717) is 0 Å². The summed E-state index contributed by atoms with van der Waals surface area (Å²) in [5.41, 5.74) is 1.10. The van der Waals surface area contributed by atoms with Gasteiger partial charge in [0, 0.05) is 36.9 Å². The molecule has 116 valence electrons. The van der Waals surface area contributed by atoms with E-state index >= 15 is 0 Å². The first kappa shape index (κ1) is 15.8. The van der Waals surface area contributed by atoms with Gasteiger partial charge in [0.1, 0.15) is 0 Å². The van der Waals surface area contributed by atoms with Crippen molar-refractivity contribution in [2.75, 3.05) is 32.8 Å². The van der Waals surface area contributed by atoms with Crippen LogP contribution in [0.2, 0.25) is 0 Å². The zero-order chi connectivity index (χ0) is 15.0. The van der Waals surface area contributed by atoms with Crippen LogP contribution in [0.5, 0.6) is 0 Å². The molecule has 2 rings (SSSR count). The summed E-state index contributed by atoms with van der Waals surface area (Å²) in [4.78, 5) is 8.51. The van der Waals surface area contributed by atoms with Crippen molar-refractivity contribution in [3.63, 3.8) is 0 Å². The minimum absolute atomic E-state index is 0.0573. The third kappa shape index (κ3) is 3.17. The molecule has 0 spiro atoms. The lowest BCUT2D eigenvalue weighted by Crippen LogP contribution is -2.54. The fraction of sp³-hybridized carbons (Fsp3) is 0.938. The zero-order valence-electron chi connectivity index (χ0n) is 14.0. The van der Waals surface area contributed by atoms with Gasteiger partial charge in [-0.15, -0.1) is 0 Å². The van der Waals surface area contributed by atoms with Crippen LogP contribution in [-0.2, 0) is 9.57 Å². The second kappa shape index (κ2) is 5.30. The molecule has 0 bridgehead atoms. The Kier molecular flexibility index (Phi) is 4.18. The molecule has 1 atom stereocenters. The molecule has 0 aliphatic carbocycles. The minimum Gasteiger partial charge on any atom is -0.387 e. The summed E-state index contributed by atoms with van der Waals surface area (Å²) in [5, 5.41) is 4.45. The molecular formula is C16H30N2O2. The van der Waals surface area contributed by atoms with Crippen LogP contribution >= 0.6 is 0 Å². The first-order chi connectivity index (χ1) is 9.14. The SMILES string of the molecule is CC(C)(C)C1=NOC(CN2CCOCC2)(C(C)(C)C)C1. The Labute approximate surface area is 123 Å². The third-order valence-electron chi connectivity index (χ3n) is 4.60. The lowest BCUT2D eigenvalue weighted by atomic mass is 9.70. The number of nitrogens with zero attached hydrogens (tertiary/aromatic N) is 2. The van der Waals surface area contributed by atoms with E-state index in [1.165, 1.54) is 5.71 Å². The minimum atomic E-state index is -0.215. The van der Waals surface area contributed by atoms with Crippen LogP contribution in [0, 0.1) is 10.8 Å². The maximum absolute atomic E-state index is 6.05. The summed E-state index contributed by atoms with van der Waals surface area (Å²) in [6.07, 6.45) is 0.928. The molecule has 4 heteroatoms. The van der Waals surface area contributed by atoms with E-state index in [2.05, 4.69) is 51.6 Å². The summed E-state index contributed by atoms with van der Waals surface area (Å²) in [5.74, 6) is 0. The van der Waals surface area contributed by atoms with E-state index in [1.54, 1.807) is 0 Å². The van der Waals surface area contributed by atoms with E-state index in [0.717, 1.165) is 39.3 Å². The molecule has 0 aromatic heterocycles. The number of ether oxygens (including phenoxy) is 1. The van der Waals surface area contributed by atoms with Gasteiger partial charge < -0.3 is 9.57 Å². The second-order valence-corrected chi connectivity index (χ2v) is 8.19. The van der Waals surface area contributed by atoms with Gasteiger partial charge in [-0.05, 0) is 0 Å². The highest BCUT2D eigenvalue weighted by Gasteiger charge is 2.51. The Morgan fingerprint density at radius 1 is 1.10 bits per heavy atom. The molecule has 1 fully saturated rings. The van der Waals surface area contributed by atoms with Crippen molar-refractivity contribution >= 4 is 5.71 Å². The fourth-order valence-corrected chi connectivity index (χ4v) is 2.72. The van der Waals surface area contributed by atoms with E-state index in [1.807, 2.05) is 0 Å². The predicted octanol–water partition coefficient (Wildman–Crippen LogP) is 2.93. The molecule has 1 saturated heterocycles. The molecule has 0 aromatic carbocycles. The molecular weight excluding hydrogens is 252 g/mol. The van der Waals surface area contributed by atoms with Crippen molar-refractivity contribution < 1.29 is 9.57 Å². The van der Waals surface area contributed by atoms with Crippen molar-refractivity contribution in [1.82, 2.24) is 4.90 Å². The average molecular weight is 282 g/mol. The lowest BCUT2D eigenvalue weighted by Gasteiger charge is -2.43. The highest BCUT2D eigenvalue weighted by atomic mass is 16.7. The van der Waals surface area contributed by atoms with E-state index < -0.39 is 0 Å². The van der Waals surface area contributed by atoms with Crippen LogP contribution < -0.4 is 0 Å². The Balaban J connectivity index is 2.13. The molecule has 1 unspecified atom stereocenters. The zero-order valence-corrected chi connectivity index (χ0v) is 14.0. The van der Waals surface area contributed by atoms with E-state index in [4.69, 9.17) is 9.57 Å². The van der Waals surface area contributed by atoms with Crippen molar-refractivity contribution in [2.24, 2.45) is 16.0 Å². The molecule has 0 saturated carbocycles. The van der Waals surface area contributed by atoms with Crippen LogP contribution in [0.25, 0.3) is 0 Å². The largest absolute Gasteiger partial charge is 0.387 e. The molecule has 0 N–H and O–H groups in total. The first-order valence-electron chi connectivity index (χ1n) is 7.70. The Bertz CT molecular complexity index is 373. The Hall–Kier alpha value is -0.610. The third-order valence-corrected chi connectivity index (χ3v) is 4.60. The van der Waals surface area contributed by atoms with Crippen LogP contribution in [0.15, 0.2) is 5.16 Å². The number of hydrogen-bond acceptors (Lipinski definition) is 4. The van der Waals surface area contributed by atoms with Gasteiger partial charge in [-0.25, -0.2) is 0 Å². The topological polar surface area (TPSA) is 34.1 Å². The van der Waals surface area contributed by atoms with Gasteiger partial charge in [0.25, 0.3) is 0 Å². The first-order valence-corrected chi connectivity index (χ1v) is 7.70. The van der Waals surface area contributed by atoms with Gasteiger partial charge in [0.15, 0.2) is 5.60 Å². The van der Waals surface area contributed by atoms with E-state index in [-0.39, 0.29) is 16.4 Å². The summed E-state index contributed by atoms with van der Waals surface area (Å²) < 4.78 is 5.45. The van der Waals surface area contributed by atoms with Crippen molar-refractivity contribution in [1.29, 1.82) is 0 Å². The maximum atomic E-state index is 6.05. The van der Waals surface area contributed by atoms with Crippen LogP contribution in [0.1, 0.15) is 48.0 Å². The summed E-state index contributed by atoms with van der Waals surface area (Å²) in [7, 11) is 0. The Morgan fingerprint density at radius 2 is 1.70 bits per heavy atom. The molecule has 0 radical (unpaired) electrons. The quantitative estimate of drug-likeness (QED) is 0.781. The fourth-order valence-electron chi connectivity index (χ4n) is 2.72. The van der Waals surface area contributed by atoms with Gasteiger partial charge in [-0.3, -0.25) is 4.90 Å². The van der Waals surface area contributed by atoms with Gasteiger partial charge in [-0.2, -0.15) is 0 Å². The normalized spacial score (nSPS) is 29.2. The monoisotopic (exact) mass is 282 g/mol. The maximum Gasteiger partial charge on any atom is 0.160 e. The van der Waals surface area contributed by atoms with Crippen molar-refractivity contribution in [3.05, 3.63) is 0 Å². The number of morpholine rings is 1. The van der Waals surface area contributed by atoms with Crippen LogP contribution in [-0.4, -0.2) is 49.1 Å². The van der Waals surface area contributed by atoms with Gasteiger partial charge in [0.2, 0.25) is 0 Å². The van der Waals surface area contributed by atoms with Crippen LogP contribution in [0.3, 0.4) is 0 Å². The highest BCUT2D eigenvalue weighted by molar-refractivity contribution is 5.90. The molecule has 0 amide bonds. The second-order valence-electron chi connectivity index (χ2n) is 8.19. The van der Waals surface area contributed by atoms with Crippen molar-refractivity contribution in [2.45, 2.75) is 53.6 Å². The lowest BCUT2D eigenvalue weighted by molar-refractivity contribution is -0.121. The molecule has 0 aromatic rings. The average Bonchev–Trinajstić information content (AvgIpc) is 2.75. The summed E-state index contributed by atoms with van der Waals surface area (Å²) in [6, 6.07) is 0. The number of oxime groups is 1. The molecule has 4 nitrogen and oxygen atoms in total. The Morgan fingerprint density at radius 3 is 2.15 bits per heavy atom. The molecule has 2 aliphatic heterocycles. The van der Waals surface area contributed by atoms with Gasteiger partial charge in [0.05, 0.1) is 18.9 Å². The highest BCUT2D eigenvalue weighted by Crippen LogP contribution is 2.44. The van der Waals surface area contributed by atoms with Gasteiger partial charge >= 0.3 is 0 Å². The smallest absolute Gasteiger partial charge is 0.160 e. The summed E-state index contributed by atoms with van der Waals surface area (Å²) in [6.45, 7) is 18.0.